The number of rotatable bonds is 6. The number of nitrogens with one attached hydrogen (secondary N) is 2. The normalized spacial score (nSPS) is 10.1. The summed E-state index contributed by atoms with van der Waals surface area (Å²) in [6.45, 7) is 0.169. The van der Waals surface area contributed by atoms with Gasteiger partial charge in [0.25, 0.3) is 0 Å². The van der Waals surface area contributed by atoms with Crippen molar-refractivity contribution >= 4 is 17.3 Å². The Kier molecular flexibility index (Phi) is 5.32. The van der Waals surface area contributed by atoms with Gasteiger partial charge in [-0.05, 0) is 23.8 Å². The first-order chi connectivity index (χ1) is 12.3. The van der Waals surface area contributed by atoms with Gasteiger partial charge in [-0.2, -0.15) is 0 Å². The SMILES string of the molecule is COc1ccccc1NC(=O)CNc1ccccc1-c1ccccc1. The van der Waals surface area contributed by atoms with Crippen molar-refractivity contribution in [2.75, 3.05) is 24.3 Å². The van der Waals surface area contributed by atoms with Crippen LogP contribution in [0.5, 0.6) is 5.75 Å². The predicted molar refractivity (Wildman–Crippen MR) is 102 cm³/mol. The van der Waals surface area contributed by atoms with Gasteiger partial charge in [-0.3, -0.25) is 4.79 Å². The molecule has 0 spiro atoms. The fourth-order valence-corrected chi connectivity index (χ4v) is 2.62. The first-order valence-corrected chi connectivity index (χ1v) is 8.09. The van der Waals surface area contributed by atoms with E-state index in [1.165, 1.54) is 0 Å². The summed E-state index contributed by atoms with van der Waals surface area (Å²) in [6.07, 6.45) is 0. The monoisotopic (exact) mass is 332 g/mol. The molecule has 3 aromatic carbocycles. The average molecular weight is 332 g/mol. The third-order valence-electron chi connectivity index (χ3n) is 3.83. The van der Waals surface area contributed by atoms with Crippen LogP contribution in [-0.4, -0.2) is 19.6 Å². The van der Waals surface area contributed by atoms with E-state index in [1.807, 2.05) is 66.7 Å². The maximum atomic E-state index is 12.3. The smallest absolute Gasteiger partial charge is 0.243 e. The highest BCUT2D eigenvalue weighted by Crippen LogP contribution is 2.27. The van der Waals surface area contributed by atoms with Gasteiger partial charge in [-0.1, -0.05) is 60.7 Å². The molecule has 126 valence electrons. The van der Waals surface area contributed by atoms with E-state index in [0.29, 0.717) is 11.4 Å². The van der Waals surface area contributed by atoms with Gasteiger partial charge in [-0.15, -0.1) is 0 Å². The maximum absolute atomic E-state index is 12.3. The minimum Gasteiger partial charge on any atom is -0.495 e. The zero-order valence-electron chi connectivity index (χ0n) is 14.0. The minimum atomic E-state index is -0.132. The quantitative estimate of drug-likeness (QED) is 0.703. The van der Waals surface area contributed by atoms with Crippen LogP contribution >= 0.6 is 0 Å². The summed E-state index contributed by atoms with van der Waals surface area (Å²) < 4.78 is 5.25. The summed E-state index contributed by atoms with van der Waals surface area (Å²) in [7, 11) is 1.58. The molecule has 3 rings (SSSR count). The van der Waals surface area contributed by atoms with Crippen LogP contribution in [0.1, 0.15) is 0 Å². The molecule has 4 nitrogen and oxygen atoms in total. The molecule has 25 heavy (non-hydrogen) atoms. The lowest BCUT2D eigenvalue weighted by atomic mass is 10.0. The Balaban J connectivity index is 1.69. The number of carbonyl (C=O) groups is 1. The van der Waals surface area contributed by atoms with Gasteiger partial charge in [0.15, 0.2) is 0 Å². The fraction of sp³-hybridized carbons (Fsp3) is 0.0952. The zero-order valence-corrected chi connectivity index (χ0v) is 14.0. The van der Waals surface area contributed by atoms with Crippen LogP contribution in [0.25, 0.3) is 11.1 Å². The topological polar surface area (TPSA) is 50.4 Å². The number of amides is 1. The fourth-order valence-electron chi connectivity index (χ4n) is 2.62. The number of para-hydroxylation sites is 3. The summed E-state index contributed by atoms with van der Waals surface area (Å²) in [5.41, 5.74) is 3.75. The van der Waals surface area contributed by atoms with Gasteiger partial charge in [-0.25, -0.2) is 0 Å². The molecule has 0 aliphatic rings. The molecule has 0 bridgehead atoms. The summed E-state index contributed by atoms with van der Waals surface area (Å²) in [6, 6.07) is 25.4. The number of ether oxygens (including phenoxy) is 1. The van der Waals surface area contributed by atoms with E-state index in [1.54, 1.807) is 7.11 Å². The van der Waals surface area contributed by atoms with Gasteiger partial charge < -0.3 is 15.4 Å². The van der Waals surface area contributed by atoms with Crippen LogP contribution in [-0.2, 0) is 4.79 Å². The summed E-state index contributed by atoms with van der Waals surface area (Å²) in [5, 5.41) is 6.08. The molecule has 0 aliphatic heterocycles. The molecule has 0 radical (unpaired) electrons. The molecule has 3 aromatic rings. The third kappa shape index (κ3) is 4.18. The first-order valence-electron chi connectivity index (χ1n) is 8.09. The Morgan fingerprint density at radius 3 is 2.24 bits per heavy atom. The standard InChI is InChI=1S/C21H20N2O2/c1-25-20-14-8-7-13-19(20)23-21(24)15-22-18-12-6-5-11-17(18)16-9-3-2-4-10-16/h2-14,22H,15H2,1H3,(H,23,24). The Morgan fingerprint density at radius 1 is 0.840 bits per heavy atom. The van der Waals surface area contributed by atoms with Gasteiger partial charge in [0.2, 0.25) is 5.91 Å². The van der Waals surface area contributed by atoms with Crippen molar-refractivity contribution in [3.63, 3.8) is 0 Å². The van der Waals surface area contributed by atoms with Crippen LogP contribution in [0.15, 0.2) is 78.9 Å². The highest BCUT2D eigenvalue weighted by atomic mass is 16.5. The molecular weight excluding hydrogens is 312 g/mol. The molecule has 0 aromatic heterocycles. The van der Waals surface area contributed by atoms with Crippen molar-refractivity contribution in [3.05, 3.63) is 78.9 Å². The molecule has 0 aliphatic carbocycles. The second kappa shape index (κ2) is 8.02. The van der Waals surface area contributed by atoms with Crippen molar-refractivity contribution < 1.29 is 9.53 Å². The van der Waals surface area contributed by atoms with E-state index >= 15 is 0 Å². The van der Waals surface area contributed by atoms with E-state index in [9.17, 15) is 4.79 Å². The number of anilines is 2. The second-order valence-corrected chi connectivity index (χ2v) is 5.51. The zero-order chi connectivity index (χ0) is 17.5. The Labute approximate surface area is 147 Å². The van der Waals surface area contributed by atoms with Crippen molar-refractivity contribution in [2.24, 2.45) is 0 Å². The number of carbonyl (C=O) groups excluding carboxylic acids is 1. The highest BCUT2D eigenvalue weighted by Gasteiger charge is 2.08. The summed E-state index contributed by atoms with van der Waals surface area (Å²) in [5.74, 6) is 0.507. The number of hydrogen-bond acceptors (Lipinski definition) is 3. The van der Waals surface area contributed by atoms with Gasteiger partial charge in [0.1, 0.15) is 5.75 Å². The molecule has 0 saturated heterocycles. The molecule has 2 N–H and O–H groups in total. The molecule has 0 unspecified atom stereocenters. The van der Waals surface area contributed by atoms with Gasteiger partial charge in [0, 0.05) is 11.3 Å². The van der Waals surface area contributed by atoms with Crippen LogP contribution in [0.4, 0.5) is 11.4 Å². The lowest BCUT2D eigenvalue weighted by Crippen LogP contribution is -2.22. The Hall–Kier alpha value is -3.27. The largest absolute Gasteiger partial charge is 0.495 e. The molecule has 0 heterocycles. The summed E-state index contributed by atoms with van der Waals surface area (Å²) in [4.78, 5) is 12.3. The number of methoxy groups -OCH3 is 1. The third-order valence-corrected chi connectivity index (χ3v) is 3.83. The second-order valence-electron chi connectivity index (χ2n) is 5.51. The summed E-state index contributed by atoms with van der Waals surface area (Å²) >= 11 is 0. The van der Waals surface area contributed by atoms with Crippen molar-refractivity contribution in [1.29, 1.82) is 0 Å². The van der Waals surface area contributed by atoms with E-state index < -0.39 is 0 Å². The van der Waals surface area contributed by atoms with Crippen molar-refractivity contribution in [2.45, 2.75) is 0 Å². The molecule has 4 heteroatoms. The van der Waals surface area contributed by atoms with Crippen LogP contribution in [0.3, 0.4) is 0 Å². The first kappa shape index (κ1) is 16.6. The number of benzene rings is 3. The van der Waals surface area contributed by atoms with Crippen LogP contribution in [0.2, 0.25) is 0 Å². The lowest BCUT2D eigenvalue weighted by Gasteiger charge is -2.13. The molecule has 0 saturated carbocycles. The maximum Gasteiger partial charge on any atom is 0.243 e. The Bertz CT molecular complexity index is 847. The minimum absolute atomic E-state index is 0.132. The van der Waals surface area contributed by atoms with Crippen molar-refractivity contribution in [3.8, 4) is 16.9 Å². The number of hydrogen-bond donors (Lipinski definition) is 2. The van der Waals surface area contributed by atoms with Crippen molar-refractivity contribution in [1.82, 2.24) is 0 Å². The van der Waals surface area contributed by atoms with E-state index in [-0.39, 0.29) is 12.5 Å². The molecule has 1 amide bonds. The average Bonchev–Trinajstić information content (AvgIpc) is 2.68. The molecule has 0 fully saturated rings. The van der Waals surface area contributed by atoms with Crippen LogP contribution < -0.4 is 15.4 Å². The van der Waals surface area contributed by atoms with Crippen LogP contribution in [0, 0.1) is 0 Å². The van der Waals surface area contributed by atoms with E-state index in [2.05, 4.69) is 22.8 Å². The van der Waals surface area contributed by atoms with Gasteiger partial charge in [0.05, 0.1) is 19.3 Å². The van der Waals surface area contributed by atoms with Gasteiger partial charge >= 0.3 is 0 Å². The Morgan fingerprint density at radius 2 is 1.48 bits per heavy atom. The molecule has 0 atom stereocenters. The highest BCUT2D eigenvalue weighted by molar-refractivity contribution is 5.95. The van der Waals surface area contributed by atoms with E-state index in [0.717, 1.165) is 16.8 Å². The predicted octanol–water partition coefficient (Wildman–Crippen LogP) is 4.41. The lowest BCUT2D eigenvalue weighted by molar-refractivity contribution is -0.114. The molecular formula is C21H20N2O2. The van der Waals surface area contributed by atoms with E-state index in [4.69, 9.17) is 4.74 Å².